The molecule has 0 aliphatic carbocycles. The number of aromatic nitrogens is 2. The summed E-state index contributed by atoms with van der Waals surface area (Å²) in [6.07, 6.45) is 5.89. The van der Waals surface area contributed by atoms with Crippen LogP contribution in [-0.2, 0) is 6.42 Å². The number of aryl methyl sites for hydroxylation is 1. The summed E-state index contributed by atoms with van der Waals surface area (Å²) in [5, 5.41) is 0. The van der Waals surface area contributed by atoms with Crippen molar-refractivity contribution in [3.8, 4) is 0 Å². The Hall–Kier alpha value is -1.45. The normalized spacial score (nSPS) is 9.92. The molecule has 0 aliphatic rings. The number of carbonyl (C=O) groups excluding carboxylic acids is 1. The first-order chi connectivity index (χ1) is 6.25. The van der Waals surface area contributed by atoms with E-state index in [0.717, 1.165) is 19.3 Å². The van der Waals surface area contributed by atoms with E-state index >= 15 is 0 Å². The number of rotatable bonds is 4. The maximum atomic E-state index is 10.9. The van der Waals surface area contributed by atoms with Crippen molar-refractivity contribution in [2.24, 2.45) is 5.73 Å². The van der Waals surface area contributed by atoms with Gasteiger partial charge in [-0.3, -0.25) is 9.78 Å². The van der Waals surface area contributed by atoms with Gasteiger partial charge in [-0.05, 0) is 12.8 Å². The molecule has 0 aliphatic heterocycles. The molecular formula is C9H13N3O. The first-order valence-corrected chi connectivity index (χ1v) is 4.35. The molecule has 13 heavy (non-hydrogen) atoms. The maximum Gasteiger partial charge on any atom is 0.269 e. The monoisotopic (exact) mass is 179 g/mol. The first kappa shape index (κ1) is 9.64. The average molecular weight is 179 g/mol. The molecule has 1 aromatic rings. The number of hydrogen-bond acceptors (Lipinski definition) is 3. The summed E-state index contributed by atoms with van der Waals surface area (Å²) in [5.74, 6) is -0.501. The number of amides is 1. The summed E-state index contributed by atoms with van der Waals surface area (Å²) in [7, 11) is 0. The van der Waals surface area contributed by atoms with Crippen LogP contribution in [0.3, 0.4) is 0 Å². The van der Waals surface area contributed by atoms with Crippen LogP contribution in [0, 0.1) is 0 Å². The minimum Gasteiger partial charge on any atom is -0.364 e. The minimum absolute atomic E-state index is 0.302. The maximum absolute atomic E-state index is 10.9. The van der Waals surface area contributed by atoms with E-state index < -0.39 is 5.91 Å². The predicted molar refractivity (Wildman–Crippen MR) is 49.2 cm³/mol. The van der Waals surface area contributed by atoms with Crippen LogP contribution < -0.4 is 5.73 Å². The predicted octanol–water partition coefficient (Wildman–Crippen LogP) is 0.918. The zero-order valence-corrected chi connectivity index (χ0v) is 7.66. The molecule has 0 fully saturated rings. The van der Waals surface area contributed by atoms with E-state index in [-0.39, 0.29) is 0 Å². The Bertz CT molecular complexity index is 299. The van der Waals surface area contributed by atoms with Crippen molar-refractivity contribution < 1.29 is 4.79 Å². The van der Waals surface area contributed by atoms with Gasteiger partial charge in [-0.25, -0.2) is 4.98 Å². The molecule has 1 heterocycles. The van der Waals surface area contributed by atoms with Crippen molar-refractivity contribution in [2.45, 2.75) is 26.2 Å². The van der Waals surface area contributed by atoms with Crippen LogP contribution in [0.4, 0.5) is 0 Å². The van der Waals surface area contributed by atoms with E-state index in [4.69, 9.17) is 5.73 Å². The number of primary amides is 1. The van der Waals surface area contributed by atoms with E-state index in [1.807, 2.05) is 0 Å². The Morgan fingerprint density at radius 2 is 2.15 bits per heavy atom. The van der Waals surface area contributed by atoms with Gasteiger partial charge in [0.2, 0.25) is 0 Å². The smallest absolute Gasteiger partial charge is 0.269 e. The third-order valence-electron chi connectivity index (χ3n) is 1.77. The molecule has 0 bridgehead atoms. The summed E-state index contributed by atoms with van der Waals surface area (Å²) in [6, 6.07) is 0. The van der Waals surface area contributed by atoms with Gasteiger partial charge < -0.3 is 5.73 Å². The molecular weight excluding hydrogens is 166 g/mol. The average Bonchev–Trinajstić information content (AvgIpc) is 2.15. The van der Waals surface area contributed by atoms with E-state index in [2.05, 4.69) is 16.9 Å². The fraction of sp³-hybridized carbons (Fsp3) is 0.444. The van der Waals surface area contributed by atoms with Crippen molar-refractivity contribution in [3.63, 3.8) is 0 Å². The van der Waals surface area contributed by atoms with Crippen molar-refractivity contribution in [1.29, 1.82) is 0 Å². The molecule has 4 heteroatoms. The zero-order chi connectivity index (χ0) is 9.68. The van der Waals surface area contributed by atoms with Crippen molar-refractivity contribution in [1.82, 2.24) is 9.97 Å². The summed E-state index contributed by atoms with van der Waals surface area (Å²) in [4.78, 5) is 18.9. The summed E-state index contributed by atoms with van der Waals surface area (Å²) in [6.45, 7) is 2.08. The van der Waals surface area contributed by atoms with Crippen molar-refractivity contribution >= 4 is 5.91 Å². The number of nitrogens with zero attached hydrogens (tertiary/aromatic N) is 2. The SMILES string of the molecule is CCCCc1nccnc1C(N)=O. The quantitative estimate of drug-likeness (QED) is 0.747. The largest absolute Gasteiger partial charge is 0.364 e. The second kappa shape index (κ2) is 4.54. The lowest BCUT2D eigenvalue weighted by molar-refractivity contribution is 0.0994. The second-order valence-corrected chi connectivity index (χ2v) is 2.82. The number of unbranched alkanes of at least 4 members (excludes halogenated alkanes) is 1. The second-order valence-electron chi connectivity index (χ2n) is 2.82. The number of hydrogen-bond donors (Lipinski definition) is 1. The standard InChI is InChI=1S/C9H13N3O/c1-2-3-4-7-8(9(10)13)12-6-5-11-7/h5-6H,2-4H2,1H3,(H2,10,13). The molecule has 1 amide bonds. The Balaban J connectivity index is 2.84. The summed E-state index contributed by atoms with van der Waals surface area (Å²) in [5.41, 5.74) is 6.15. The van der Waals surface area contributed by atoms with Crippen LogP contribution in [0.15, 0.2) is 12.4 Å². The van der Waals surface area contributed by atoms with Gasteiger partial charge in [0, 0.05) is 12.4 Å². The highest BCUT2D eigenvalue weighted by atomic mass is 16.1. The molecule has 0 aromatic carbocycles. The van der Waals surface area contributed by atoms with Crippen molar-refractivity contribution in [3.05, 3.63) is 23.8 Å². The van der Waals surface area contributed by atoms with Crippen LogP contribution in [0.5, 0.6) is 0 Å². The third kappa shape index (κ3) is 2.50. The van der Waals surface area contributed by atoms with Crippen LogP contribution in [-0.4, -0.2) is 15.9 Å². The van der Waals surface area contributed by atoms with Gasteiger partial charge in [-0.15, -0.1) is 0 Å². The van der Waals surface area contributed by atoms with Gasteiger partial charge in [0.1, 0.15) is 5.69 Å². The molecule has 0 atom stereocenters. The zero-order valence-electron chi connectivity index (χ0n) is 7.66. The Kier molecular flexibility index (Phi) is 3.37. The van der Waals surface area contributed by atoms with E-state index in [1.165, 1.54) is 6.20 Å². The fourth-order valence-electron chi connectivity index (χ4n) is 1.10. The highest BCUT2D eigenvalue weighted by Gasteiger charge is 2.09. The van der Waals surface area contributed by atoms with Gasteiger partial charge >= 0.3 is 0 Å². The lowest BCUT2D eigenvalue weighted by atomic mass is 10.1. The summed E-state index contributed by atoms with van der Waals surface area (Å²) < 4.78 is 0. The molecule has 4 nitrogen and oxygen atoms in total. The molecule has 0 radical (unpaired) electrons. The van der Waals surface area contributed by atoms with E-state index in [1.54, 1.807) is 6.20 Å². The van der Waals surface area contributed by atoms with Crippen molar-refractivity contribution in [2.75, 3.05) is 0 Å². The first-order valence-electron chi connectivity index (χ1n) is 4.35. The molecule has 1 aromatic heterocycles. The van der Waals surface area contributed by atoms with Gasteiger partial charge in [-0.1, -0.05) is 13.3 Å². The third-order valence-corrected chi connectivity index (χ3v) is 1.77. The molecule has 70 valence electrons. The van der Waals surface area contributed by atoms with Gasteiger partial charge in [0.05, 0.1) is 5.69 Å². The van der Waals surface area contributed by atoms with Crippen LogP contribution in [0.2, 0.25) is 0 Å². The van der Waals surface area contributed by atoms with Crippen LogP contribution >= 0.6 is 0 Å². The lowest BCUT2D eigenvalue weighted by Gasteiger charge is -2.02. The number of nitrogens with two attached hydrogens (primary N) is 1. The highest BCUT2D eigenvalue weighted by molar-refractivity contribution is 5.91. The van der Waals surface area contributed by atoms with Gasteiger partial charge in [0.25, 0.3) is 5.91 Å². The molecule has 0 saturated carbocycles. The van der Waals surface area contributed by atoms with Gasteiger partial charge in [0.15, 0.2) is 0 Å². The minimum atomic E-state index is -0.501. The highest BCUT2D eigenvalue weighted by Crippen LogP contribution is 2.05. The molecule has 1 rings (SSSR count). The Morgan fingerprint density at radius 1 is 1.46 bits per heavy atom. The van der Waals surface area contributed by atoms with Crippen LogP contribution in [0.25, 0.3) is 0 Å². The number of carbonyl (C=O) groups is 1. The molecule has 2 N–H and O–H groups in total. The summed E-state index contributed by atoms with van der Waals surface area (Å²) >= 11 is 0. The van der Waals surface area contributed by atoms with E-state index in [0.29, 0.717) is 11.4 Å². The Morgan fingerprint density at radius 3 is 2.77 bits per heavy atom. The molecule has 0 saturated heterocycles. The fourth-order valence-corrected chi connectivity index (χ4v) is 1.10. The molecule has 0 unspecified atom stereocenters. The Labute approximate surface area is 77.2 Å². The van der Waals surface area contributed by atoms with Crippen LogP contribution in [0.1, 0.15) is 35.9 Å². The van der Waals surface area contributed by atoms with Gasteiger partial charge in [-0.2, -0.15) is 0 Å². The topological polar surface area (TPSA) is 68.9 Å². The molecule has 0 spiro atoms. The lowest BCUT2D eigenvalue weighted by Crippen LogP contribution is -2.16. The van der Waals surface area contributed by atoms with E-state index in [9.17, 15) is 4.79 Å².